The highest BCUT2D eigenvalue weighted by Gasteiger charge is 1.99. The van der Waals surface area contributed by atoms with Crippen LogP contribution in [0.3, 0.4) is 0 Å². The Morgan fingerprint density at radius 3 is 2.75 bits per heavy atom. The Labute approximate surface area is 82.0 Å². The molecule has 0 bridgehead atoms. The largest absolute Gasteiger partial charge is 0.261 e. The molecule has 2 nitrogen and oxygen atoms in total. The van der Waals surface area contributed by atoms with E-state index in [4.69, 9.17) is 12.2 Å². The molecular weight excluding hydrogens is 208 g/mol. The summed E-state index contributed by atoms with van der Waals surface area (Å²) in [5.41, 5.74) is 0.898. The molecule has 0 saturated heterocycles. The maximum absolute atomic E-state index is 5.01. The maximum Gasteiger partial charge on any atom is 0.102 e. The van der Waals surface area contributed by atoms with Crippen LogP contribution in [-0.2, 0) is 0 Å². The molecule has 0 N–H and O–H groups in total. The summed E-state index contributed by atoms with van der Waals surface area (Å²) in [6.45, 7) is 0. The van der Waals surface area contributed by atoms with Gasteiger partial charge in [0.15, 0.2) is 0 Å². The van der Waals surface area contributed by atoms with E-state index >= 15 is 0 Å². The molecule has 0 radical (unpaired) electrons. The smallest absolute Gasteiger partial charge is 0.102 e. The van der Waals surface area contributed by atoms with Gasteiger partial charge in [-0.2, -0.15) is 0 Å². The molecular formula is C7H4N2S3. The zero-order valence-electron chi connectivity index (χ0n) is 5.93. The second-order valence-corrected chi connectivity index (χ2v) is 5.00. The molecule has 0 amide bonds. The lowest BCUT2D eigenvalue weighted by atomic mass is 10.4. The SMILES string of the molecule is S=c1cc(-c2cnccn2)ss1. The van der Waals surface area contributed by atoms with Crippen LogP contribution in [-0.4, -0.2) is 9.97 Å². The summed E-state index contributed by atoms with van der Waals surface area (Å²) in [4.78, 5) is 9.25. The first-order chi connectivity index (χ1) is 5.86. The molecule has 0 aliphatic carbocycles. The summed E-state index contributed by atoms with van der Waals surface area (Å²) in [5, 5.41) is 0. The molecule has 60 valence electrons. The van der Waals surface area contributed by atoms with E-state index in [2.05, 4.69) is 9.97 Å². The molecule has 0 fully saturated rings. The summed E-state index contributed by atoms with van der Waals surface area (Å²) in [5.74, 6) is 0. The van der Waals surface area contributed by atoms with Gasteiger partial charge in [0.25, 0.3) is 0 Å². The molecule has 5 heteroatoms. The van der Waals surface area contributed by atoms with Crippen LogP contribution >= 0.6 is 32.9 Å². The predicted octanol–water partition coefficient (Wildman–Crippen LogP) is 3.00. The van der Waals surface area contributed by atoms with E-state index < -0.39 is 0 Å². The highest BCUT2D eigenvalue weighted by molar-refractivity contribution is 7.80. The molecule has 12 heavy (non-hydrogen) atoms. The van der Waals surface area contributed by atoms with Crippen LogP contribution in [0.4, 0.5) is 0 Å². The zero-order valence-corrected chi connectivity index (χ0v) is 8.38. The second-order valence-electron chi connectivity index (χ2n) is 2.08. The Hall–Kier alpha value is -0.650. The van der Waals surface area contributed by atoms with Crippen LogP contribution < -0.4 is 0 Å². The van der Waals surface area contributed by atoms with Gasteiger partial charge in [-0.3, -0.25) is 9.97 Å². The van der Waals surface area contributed by atoms with Crippen LogP contribution in [0.1, 0.15) is 0 Å². The first-order valence-corrected chi connectivity index (χ1v) is 5.78. The van der Waals surface area contributed by atoms with E-state index in [1.54, 1.807) is 39.3 Å². The van der Waals surface area contributed by atoms with Crippen molar-refractivity contribution in [2.75, 3.05) is 0 Å². The Bertz CT molecular complexity index is 417. The van der Waals surface area contributed by atoms with Crippen molar-refractivity contribution in [3.8, 4) is 10.6 Å². The second kappa shape index (κ2) is 3.38. The van der Waals surface area contributed by atoms with Gasteiger partial charge < -0.3 is 0 Å². The van der Waals surface area contributed by atoms with Gasteiger partial charge in [0, 0.05) is 12.4 Å². The van der Waals surface area contributed by atoms with Crippen molar-refractivity contribution in [3.05, 3.63) is 28.5 Å². The van der Waals surface area contributed by atoms with Crippen LogP contribution in [0, 0.1) is 3.82 Å². The van der Waals surface area contributed by atoms with Gasteiger partial charge in [-0.1, -0.05) is 32.9 Å². The number of hydrogen-bond acceptors (Lipinski definition) is 5. The highest BCUT2D eigenvalue weighted by atomic mass is 32.9. The average molecular weight is 212 g/mol. The summed E-state index contributed by atoms with van der Waals surface area (Å²) in [6, 6.07) is 1.95. The van der Waals surface area contributed by atoms with E-state index in [1.807, 2.05) is 6.07 Å². The number of rotatable bonds is 1. The normalized spacial score (nSPS) is 10.0. The molecule has 2 heterocycles. The van der Waals surface area contributed by atoms with E-state index in [-0.39, 0.29) is 0 Å². The van der Waals surface area contributed by atoms with Crippen molar-refractivity contribution >= 4 is 32.9 Å². The maximum atomic E-state index is 5.01. The topological polar surface area (TPSA) is 25.8 Å². The molecule has 0 aliphatic rings. The van der Waals surface area contributed by atoms with Crippen LogP contribution in [0.5, 0.6) is 0 Å². The lowest BCUT2D eigenvalue weighted by Crippen LogP contribution is -1.79. The number of hydrogen-bond donors (Lipinski definition) is 0. The van der Waals surface area contributed by atoms with Crippen molar-refractivity contribution in [1.82, 2.24) is 9.97 Å². The predicted molar refractivity (Wildman–Crippen MR) is 54.1 cm³/mol. The summed E-state index contributed by atoms with van der Waals surface area (Å²) >= 11 is 5.01. The Morgan fingerprint density at radius 1 is 1.25 bits per heavy atom. The van der Waals surface area contributed by atoms with E-state index in [1.165, 1.54) is 0 Å². The van der Waals surface area contributed by atoms with Crippen molar-refractivity contribution in [2.45, 2.75) is 0 Å². The van der Waals surface area contributed by atoms with Crippen LogP contribution in [0.15, 0.2) is 24.7 Å². The fourth-order valence-corrected chi connectivity index (χ4v) is 3.11. The molecule has 0 saturated carbocycles. The lowest BCUT2D eigenvalue weighted by molar-refractivity contribution is 1.21. The Kier molecular flexibility index (Phi) is 2.25. The Balaban J connectivity index is 2.51. The molecule has 0 atom stereocenters. The standard InChI is InChI=1S/C7H4N2S3/c10-7-3-6(11-12-7)5-4-8-1-2-9-5/h1-4H. The van der Waals surface area contributed by atoms with Crippen LogP contribution in [0.2, 0.25) is 0 Å². The quantitative estimate of drug-likeness (QED) is 0.537. The first kappa shape index (κ1) is 7.97. The van der Waals surface area contributed by atoms with Gasteiger partial charge in [-0.25, -0.2) is 0 Å². The Morgan fingerprint density at radius 2 is 2.17 bits per heavy atom. The van der Waals surface area contributed by atoms with Crippen molar-refractivity contribution in [2.24, 2.45) is 0 Å². The van der Waals surface area contributed by atoms with E-state index in [9.17, 15) is 0 Å². The molecule has 2 aromatic rings. The van der Waals surface area contributed by atoms with E-state index in [0.717, 1.165) is 14.4 Å². The van der Waals surface area contributed by atoms with Gasteiger partial charge in [0.05, 0.1) is 16.8 Å². The third-order valence-electron chi connectivity index (χ3n) is 1.28. The average Bonchev–Trinajstić information content (AvgIpc) is 2.54. The minimum atomic E-state index is 0.898. The van der Waals surface area contributed by atoms with Gasteiger partial charge >= 0.3 is 0 Å². The van der Waals surface area contributed by atoms with Crippen molar-refractivity contribution < 1.29 is 0 Å². The van der Waals surface area contributed by atoms with Crippen molar-refractivity contribution in [1.29, 1.82) is 0 Å². The molecule has 2 rings (SSSR count). The van der Waals surface area contributed by atoms with Gasteiger partial charge in [0.2, 0.25) is 0 Å². The van der Waals surface area contributed by atoms with Gasteiger partial charge in [-0.05, 0) is 6.07 Å². The molecule has 2 aromatic heterocycles. The third-order valence-corrected chi connectivity index (χ3v) is 4.16. The summed E-state index contributed by atoms with van der Waals surface area (Å²) < 4.78 is 0.903. The van der Waals surface area contributed by atoms with Crippen molar-refractivity contribution in [3.63, 3.8) is 0 Å². The number of nitrogens with zero attached hydrogens (tertiary/aromatic N) is 2. The van der Waals surface area contributed by atoms with Crippen LogP contribution in [0.25, 0.3) is 10.6 Å². The monoisotopic (exact) mass is 212 g/mol. The summed E-state index contributed by atoms with van der Waals surface area (Å²) in [7, 11) is 3.23. The molecule has 0 aliphatic heterocycles. The zero-order chi connectivity index (χ0) is 8.39. The molecule has 0 spiro atoms. The van der Waals surface area contributed by atoms with Gasteiger partial charge in [-0.15, -0.1) is 0 Å². The first-order valence-electron chi connectivity index (χ1n) is 3.23. The highest BCUT2D eigenvalue weighted by Crippen LogP contribution is 2.26. The minimum Gasteiger partial charge on any atom is -0.261 e. The third kappa shape index (κ3) is 1.57. The summed E-state index contributed by atoms with van der Waals surface area (Å²) in [6.07, 6.45) is 5.09. The minimum absolute atomic E-state index is 0.898. The molecule has 0 aromatic carbocycles. The fraction of sp³-hybridized carbons (Fsp3) is 0. The molecule has 0 unspecified atom stereocenters. The number of aromatic nitrogens is 2. The van der Waals surface area contributed by atoms with Gasteiger partial charge in [0.1, 0.15) is 3.82 Å². The van der Waals surface area contributed by atoms with E-state index in [0.29, 0.717) is 0 Å². The fourth-order valence-electron chi connectivity index (χ4n) is 0.784. The lowest BCUT2D eigenvalue weighted by Gasteiger charge is -1.90.